The topological polar surface area (TPSA) is 130 Å². The molecule has 1 saturated carbocycles. The number of nitrogens with zero attached hydrogens (tertiary/aromatic N) is 1. The summed E-state index contributed by atoms with van der Waals surface area (Å²) in [5.74, 6) is -1.62. The van der Waals surface area contributed by atoms with Gasteiger partial charge in [0.05, 0.1) is 18.8 Å². The van der Waals surface area contributed by atoms with Gasteiger partial charge in [0, 0.05) is 24.9 Å². The molecule has 1 aromatic carbocycles. The van der Waals surface area contributed by atoms with Crippen LogP contribution in [0.3, 0.4) is 0 Å². The highest BCUT2D eigenvalue weighted by Gasteiger charge is 2.48. The lowest BCUT2D eigenvalue weighted by atomic mass is 9.95. The van der Waals surface area contributed by atoms with Gasteiger partial charge in [-0.2, -0.15) is 21.6 Å². The highest BCUT2D eigenvalue weighted by Crippen LogP contribution is 2.35. The summed E-state index contributed by atoms with van der Waals surface area (Å²) in [5, 5.41) is 2.80. The van der Waals surface area contributed by atoms with Crippen LogP contribution in [0.5, 0.6) is 5.75 Å². The number of halogens is 3. The molecule has 1 heterocycles. The molecule has 1 aromatic heterocycles. The molecule has 0 saturated heterocycles. The summed E-state index contributed by atoms with van der Waals surface area (Å²) in [6, 6.07) is 5.10. The van der Waals surface area contributed by atoms with Crippen molar-refractivity contribution in [2.24, 2.45) is 5.92 Å². The molecule has 0 radical (unpaired) electrons. The Morgan fingerprint density at radius 3 is 2.42 bits per heavy atom. The molecule has 14 heteroatoms. The first-order chi connectivity index (χ1) is 17.8. The maximum absolute atomic E-state index is 12.9. The summed E-state index contributed by atoms with van der Waals surface area (Å²) >= 11 is 0. The summed E-state index contributed by atoms with van der Waals surface area (Å²) in [5.41, 5.74) is -4.95. The standard InChI is InChI=1S/C24H27F3N2O8S/c1-14-10-18(17-6-7-20(29-15(17)2)22(30)28-12-16-4-5-16)19(23(31)36-13-35-9-8-34-3)11-21(14)37-38(32,33)24(25,26)27/h6-7,10-11,16H,4-5,8-9,12-13H2,1-3H3,(H,28,30). The molecule has 0 aliphatic heterocycles. The SMILES string of the molecule is COCCOCOC(=O)c1cc(OS(=O)(=O)C(F)(F)F)c(C)cc1-c1ccc(C(=O)NCC2CC2)nc1C. The molecule has 1 fully saturated rings. The first kappa shape index (κ1) is 29.3. The Labute approximate surface area is 217 Å². The Hall–Kier alpha value is -3.23. The van der Waals surface area contributed by atoms with Gasteiger partial charge in [0.1, 0.15) is 11.4 Å². The van der Waals surface area contributed by atoms with Crippen LogP contribution in [0.15, 0.2) is 24.3 Å². The summed E-state index contributed by atoms with van der Waals surface area (Å²) in [6.45, 7) is 3.29. The summed E-state index contributed by atoms with van der Waals surface area (Å²) in [4.78, 5) is 29.6. The van der Waals surface area contributed by atoms with Crippen LogP contribution in [0.2, 0.25) is 0 Å². The number of hydrogen-bond donors (Lipinski definition) is 1. The molecule has 0 atom stereocenters. The maximum Gasteiger partial charge on any atom is 0.534 e. The molecule has 208 valence electrons. The lowest BCUT2D eigenvalue weighted by molar-refractivity contribution is -0.0500. The van der Waals surface area contributed by atoms with Gasteiger partial charge < -0.3 is 23.7 Å². The first-order valence-corrected chi connectivity index (χ1v) is 12.9. The van der Waals surface area contributed by atoms with Crippen LogP contribution in [0.25, 0.3) is 11.1 Å². The number of pyridine rings is 1. The smallest absolute Gasteiger partial charge is 0.435 e. The van der Waals surface area contributed by atoms with E-state index in [2.05, 4.69) is 14.5 Å². The van der Waals surface area contributed by atoms with Crippen LogP contribution in [0, 0.1) is 19.8 Å². The Morgan fingerprint density at radius 2 is 1.82 bits per heavy atom. The second-order valence-electron chi connectivity index (χ2n) is 8.58. The lowest BCUT2D eigenvalue weighted by Crippen LogP contribution is -2.28. The number of benzene rings is 1. The predicted molar refractivity (Wildman–Crippen MR) is 128 cm³/mol. The third-order valence-electron chi connectivity index (χ3n) is 5.58. The molecule has 1 aliphatic rings. The largest absolute Gasteiger partial charge is 0.534 e. The summed E-state index contributed by atoms with van der Waals surface area (Å²) in [7, 11) is -4.55. The Morgan fingerprint density at radius 1 is 1.11 bits per heavy atom. The normalized spacial score (nSPS) is 13.7. The lowest BCUT2D eigenvalue weighted by Gasteiger charge is -2.17. The third kappa shape index (κ3) is 7.42. The number of rotatable bonds is 12. The van der Waals surface area contributed by atoms with Crippen LogP contribution < -0.4 is 9.50 Å². The number of carbonyl (C=O) groups excluding carboxylic acids is 2. The summed E-state index contributed by atoms with van der Waals surface area (Å²) < 4.78 is 81.2. The van der Waals surface area contributed by atoms with E-state index in [1.807, 2.05) is 0 Å². The van der Waals surface area contributed by atoms with Gasteiger partial charge in [0.25, 0.3) is 5.91 Å². The predicted octanol–water partition coefficient (Wildman–Crippen LogP) is 3.51. The zero-order valence-corrected chi connectivity index (χ0v) is 21.7. The molecule has 38 heavy (non-hydrogen) atoms. The fourth-order valence-corrected chi connectivity index (χ4v) is 3.84. The van der Waals surface area contributed by atoms with E-state index in [1.54, 1.807) is 6.92 Å². The molecule has 3 rings (SSSR count). The zero-order valence-electron chi connectivity index (χ0n) is 20.9. The number of alkyl halides is 3. The van der Waals surface area contributed by atoms with E-state index < -0.39 is 34.1 Å². The van der Waals surface area contributed by atoms with Crippen LogP contribution in [-0.2, 0) is 24.3 Å². The molecule has 1 amide bonds. The van der Waals surface area contributed by atoms with Gasteiger partial charge in [-0.05, 0) is 61.9 Å². The van der Waals surface area contributed by atoms with Gasteiger partial charge in [-0.25, -0.2) is 9.78 Å². The van der Waals surface area contributed by atoms with Crippen molar-refractivity contribution >= 4 is 22.0 Å². The number of amides is 1. The number of hydrogen-bond acceptors (Lipinski definition) is 9. The minimum atomic E-state index is -6.00. The number of ether oxygens (including phenoxy) is 3. The number of carbonyl (C=O) groups is 2. The van der Waals surface area contributed by atoms with E-state index in [9.17, 15) is 31.2 Å². The van der Waals surface area contributed by atoms with Crippen molar-refractivity contribution in [3.8, 4) is 16.9 Å². The second kappa shape index (κ2) is 12.1. The highest BCUT2D eigenvalue weighted by atomic mass is 32.2. The van der Waals surface area contributed by atoms with E-state index in [4.69, 9.17) is 14.2 Å². The number of esters is 1. The van der Waals surface area contributed by atoms with Crippen LogP contribution in [0.1, 0.15) is 44.9 Å². The highest BCUT2D eigenvalue weighted by molar-refractivity contribution is 7.88. The van der Waals surface area contributed by atoms with Gasteiger partial charge in [-0.15, -0.1) is 0 Å². The average Bonchev–Trinajstić information content (AvgIpc) is 3.67. The van der Waals surface area contributed by atoms with E-state index >= 15 is 0 Å². The van der Waals surface area contributed by atoms with Crippen molar-refractivity contribution in [3.05, 3.63) is 46.8 Å². The molecular formula is C24H27F3N2O8S. The number of nitrogens with one attached hydrogen (secondary N) is 1. The minimum absolute atomic E-state index is 0.00799. The molecule has 1 N–H and O–H groups in total. The van der Waals surface area contributed by atoms with E-state index in [-0.39, 0.29) is 41.5 Å². The van der Waals surface area contributed by atoms with Crippen molar-refractivity contribution in [2.45, 2.75) is 32.2 Å². The molecular weight excluding hydrogens is 533 g/mol. The molecule has 0 spiro atoms. The Kier molecular flexibility index (Phi) is 9.33. The van der Waals surface area contributed by atoms with E-state index in [0.717, 1.165) is 18.9 Å². The van der Waals surface area contributed by atoms with Gasteiger partial charge in [0.2, 0.25) is 0 Å². The maximum atomic E-state index is 12.9. The van der Waals surface area contributed by atoms with Crippen molar-refractivity contribution in [3.63, 3.8) is 0 Å². The van der Waals surface area contributed by atoms with E-state index in [0.29, 0.717) is 23.7 Å². The monoisotopic (exact) mass is 560 g/mol. The first-order valence-electron chi connectivity index (χ1n) is 11.5. The number of aromatic nitrogens is 1. The minimum Gasteiger partial charge on any atom is -0.435 e. The van der Waals surface area contributed by atoms with Crippen molar-refractivity contribution in [2.75, 3.05) is 33.7 Å². The van der Waals surface area contributed by atoms with Crippen LogP contribution in [0.4, 0.5) is 13.2 Å². The third-order valence-corrected chi connectivity index (χ3v) is 6.55. The Balaban J connectivity index is 1.96. The molecule has 0 bridgehead atoms. The Bertz CT molecular complexity index is 1290. The van der Waals surface area contributed by atoms with Crippen molar-refractivity contribution < 1.29 is 49.6 Å². The fraction of sp³-hybridized carbons (Fsp3) is 0.458. The van der Waals surface area contributed by atoms with Crippen molar-refractivity contribution in [1.29, 1.82) is 0 Å². The molecule has 10 nitrogen and oxygen atoms in total. The van der Waals surface area contributed by atoms with Crippen molar-refractivity contribution in [1.82, 2.24) is 10.3 Å². The van der Waals surface area contributed by atoms with Gasteiger partial charge in [-0.3, -0.25) is 4.79 Å². The van der Waals surface area contributed by atoms with E-state index in [1.165, 1.54) is 32.2 Å². The summed E-state index contributed by atoms with van der Waals surface area (Å²) in [6.07, 6.45) is 2.12. The van der Waals surface area contributed by atoms with Gasteiger partial charge in [-0.1, -0.05) is 6.07 Å². The van der Waals surface area contributed by atoms with Gasteiger partial charge >= 0.3 is 21.6 Å². The second-order valence-corrected chi connectivity index (χ2v) is 10.1. The molecule has 0 unspecified atom stereocenters. The molecule has 1 aliphatic carbocycles. The van der Waals surface area contributed by atoms with Gasteiger partial charge in [0.15, 0.2) is 6.79 Å². The fourth-order valence-electron chi connectivity index (χ4n) is 3.33. The average molecular weight is 561 g/mol. The number of aryl methyl sites for hydroxylation is 2. The quantitative estimate of drug-likeness (QED) is 0.136. The van der Waals surface area contributed by atoms with Crippen LogP contribution in [-0.4, -0.2) is 64.4 Å². The molecule has 2 aromatic rings. The van der Waals surface area contributed by atoms with Crippen LogP contribution >= 0.6 is 0 Å². The zero-order chi connectivity index (χ0) is 28.1. The number of methoxy groups -OCH3 is 1.